The van der Waals surface area contributed by atoms with Gasteiger partial charge in [0.2, 0.25) is 0 Å². The van der Waals surface area contributed by atoms with E-state index in [2.05, 4.69) is 4.52 Å². The van der Waals surface area contributed by atoms with E-state index in [-0.39, 0.29) is 6.23 Å². The van der Waals surface area contributed by atoms with E-state index in [0.29, 0.717) is 0 Å². The van der Waals surface area contributed by atoms with Crippen molar-refractivity contribution in [3.63, 3.8) is 0 Å². The monoisotopic (exact) mass is 223 g/mol. The molecule has 0 saturated carbocycles. The van der Waals surface area contributed by atoms with Gasteiger partial charge in [-0.05, 0) is 25.8 Å². The van der Waals surface area contributed by atoms with Crippen LogP contribution in [0.4, 0.5) is 0 Å². The van der Waals surface area contributed by atoms with Crippen LogP contribution in [0.5, 0.6) is 0 Å². The first kappa shape index (κ1) is 12.1. The van der Waals surface area contributed by atoms with Crippen molar-refractivity contribution in [2.75, 3.05) is 20.2 Å². The van der Waals surface area contributed by atoms with E-state index in [1.807, 2.05) is 11.8 Å². The Hall–Kier alpha value is 0.0700. The molecule has 1 rings (SSSR count). The molecule has 2 unspecified atom stereocenters. The molecule has 0 aromatic carbocycles. The van der Waals surface area contributed by atoms with Crippen LogP contribution in [-0.2, 0) is 13.6 Å². The summed E-state index contributed by atoms with van der Waals surface area (Å²) in [6, 6.07) is 0. The largest absolute Gasteiger partial charge is 0.473 e. The van der Waals surface area contributed by atoms with E-state index >= 15 is 0 Å². The molecule has 1 fully saturated rings. The van der Waals surface area contributed by atoms with Crippen LogP contribution in [0.3, 0.4) is 0 Å². The minimum atomic E-state index is -3.83. The van der Waals surface area contributed by atoms with Crippen molar-refractivity contribution in [1.82, 2.24) is 4.90 Å². The van der Waals surface area contributed by atoms with E-state index in [9.17, 15) is 9.46 Å². The Kier molecular flexibility index (Phi) is 4.54. The van der Waals surface area contributed by atoms with Crippen LogP contribution in [0.25, 0.3) is 0 Å². The highest BCUT2D eigenvalue weighted by Gasteiger charge is 2.30. The van der Waals surface area contributed by atoms with Gasteiger partial charge in [0.15, 0.2) is 0 Å². The second-order valence-corrected chi connectivity index (χ2v) is 4.85. The van der Waals surface area contributed by atoms with Crippen molar-refractivity contribution in [1.29, 1.82) is 0 Å². The van der Waals surface area contributed by atoms with Gasteiger partial charge in [-0.2, -0.15) is 0 Å². The SMILES string of the molecule is CCN1CCCCC1OP(=O)(O)OC. The van der Waals surface area contributed by atoms with Gasteiger partial charge in [-0.1, -0.05) is 6.92 Å². The van der Waals surface area contributed by atoms with Crippen molar-refractivity contribution in [3.05, 3.63) is 0 Å². The van der Waals surface area contributed by atoms with Gasteiger partial charge in [-0.15, -0.1) is 0 Å². The molecule has 84 valence electrons. The maximum Gasteiger partial charge on any atom is 0.473 e. The molecule has 6 heteroatoms. The Bertz CT molecular complexity index is 223. The number of hydrogen-bond donors (Lipinski definition) is 1. The summed E-state index contributed by atoms with van der Waals surface area (Å²) in [4.78, 5) is 11.2. The molecule has 1 aliphatic rings. The van der Waals surface area contributed by atoms with Crippen LogP contribution in [-0.4, -0.2) is 36.2 Å². The standard InChI is InChI=1S/C8H18NO4P/c1-3-9-7-5-4-6-8(9)13-14(10,11)12-2/h8H,3-7H2,1-2H3,(H,10,11). The van der Waals surface area contributed by atoms with Crippen LogP contribution in [0.1, 0.15) is 26.2 Å². The molecule has 1 N–H and O–H groups in total. The summed E-state index contributed by atoms with van der Waals surface area (Å²) in [5, 5.41) is 0. The average Bonchev–Trinajstić information content (AvgIpc) is 2.18. The highest BCUT2D eigenvalue weighted by atomic mass is 31.2. The topological polar surface area (TPSA) is 59.0 Å². The predicted octanol–water partition coefficient (Wildman–Crippen LogP) is 1.58. The van der Waals surface area contributed by atoms with Crippen LogP contribution in [0.2, 0.25) is 0 Å². The highest BCUT2D eigenvalue weighted by molar-refractivity contribution is 7.47. The molecule has 0 aliphatic carbocycles. The molecule has 5 nitrogen and oxygen atoms in total. The maximum atomic E-state index is 11.2. The first-order valence-electron chi connectivity index (χ1n) is 4.90. The number of phosphoric acid groups is 1. The zero-order valence-corrected chi connectivity index (χ0v) is 9.57. The fourth-order valence-corrected chi connectivity index (χ4v) is 2.27. The van der Waals surface area contributed by atoms with Gasteiger partial charge in [0, 0.05) is 13.7 Å². The van der Waals surface area contributed by atoms with Gasteiger partial charge in [0.1, 0.15) is 6.23 Å². The Balaban J connectivity index is 2.52. The van der Waals surface area contributed by atoms with Crippen LogP contribution < -0.4 is 0 Å². The molecular formula is C8H18NO4P. The molecule has 0 aromatic heterocycles. The molecule has 0 bridgehead atoms. The van der Waals surface area contributed by atoms with E-state index in [4.69, 9.17) is 4.52 Å². The summed E-state index contributed by atoms with van der Waals surface area (Å²) < 4.78 is 20.6. The van der Waals surface area contributed by atoms with Crippen molar-refractivity contribution >= 4 is 7.82 Å². The normalized spacial score (nSPS) is 28.6. The summed E-state index contributed by atoms with van der Waals surface area (Å²) >= 11 is 0. The third-order valence-corrected chi connectivity index (χ3v) is 3.42. The number of phosphoric ester groups is 1. The average molecular weight is 223 g/mol. The fourth-order valence-electron chi connectivity index (χ4n) is 1.64. The summed E-state index contributed by atoms with van der Waals surface area (Å²) in [7, 11) is -2.65. The van der Waals surface area contributed by atoms with Gasteiger partial charge in [-0.25, -0.2) is 4.57 Å². The molecule has 0 aromatic rings. The quantitative estimate of drug-likeness (QED) is 0.733. The number of nitrogens with zero attached hydrogens (tertiary/aromatic N) is 1. The summed E-state index contributed by atoms with van der Waals surface area (Å²) in [5.74, 6) is 0. The molecule has 0 amide bonds. The van der Waals surface area contributed by atoms with E-state index < -0.39 is 7.82 Å². The lowest BCUT2D eigenvalue weighted by Gasteiger charge is -2.34. The lowest BCUT2D eigenvalue weighted by atomic mass is 10.1. The molecule has 1 aliphatic heterocycles. The van der Waals surface area contributed by atoms with E-state index in [1.54, 1.807) is 0 Å². The molecule has 2 atom stereocenters. The second kappa shape index (κ2) is 5.24. The Labute approximate surface area is 84.6 Å². The minimum absolute atomic E-state index is 0.274. The van der Waals surface area contributed by atoms with Crippen LogP contribution in [0, 0.1) is 0 Å². The second-order valence-electron chi connectivity index (χ2n) is 3.34. The molecule has 0 spiro atoms. The highest BCUT2D eigenvalue weighted by Crippen LogP contribution is 2.45. The van der Waals surface area contributed by atoms with Crippen LogP contribution >= 0.6 is 7.82 Å². The first-order valence-corrected chi connectivity index (χ1v) is 6.39. The maximum absolute atomic E-state index is 11.2. The predicted molar refractivity (Wildman–Crippen MR) is 52.8 cm³/mol. The number of hydrogen-bond acceptors (Lipinski definition) is 4. The number of rotatable bonds is 4. The first-order chi connectivity index (χ1) is 6.59. The third kappa shape index (κ3) is 3.33. The van der Waals surface area contributed by atoms with Gasteiger partial charge in [0.05, 0.1) is 0 Å². The fraction of sp³-hybridized carbons (Fsp3) is 1.00. The minimum Gasteiger partial charge on any atom is -0.302 e. The third-order valence-electron chi connectivity index (χ3n) is 2.45. The summed E-state index contributed by atoms with van der Waals surface area (Å²) in [5.41, 5.74) is 0. The Morgan fingerprint density at radius 1 is 1.57 bits per heavy atom. The Morgan fingerprint density at radius 3 is 2.86 bits per heavy atom. The summed E-state index contributed by atoms with van der Waals surface area (Å²) in [6.07, 6.45) is 2.67. The van der Waals surface area contributed by atoms with E-state index in [0.717, 1.165) is 32.4 Å². The van der Waals surface area contributed by atoms with E-state index in [1.165, 1.54) is 7.11 Å². The Morgan fingerprint density at radius 2 is 2.29 bits per heavy atom. The lowest BCUT2D eigenvalue weighted by Crippen LogP contribution is -2.40. The number of likely N-dealkylation sites (tertiary alicyclic amines) is 1. The molecule has 14 heavy (non-hydrogen) atoms. The molecule has 1 heterocycles. The van der Waals surface area contributed by atoms with Crippen molar-refractivity contribution in [3.8, 4) is 0 Å². The molecule has 1 saturated heterocycles. The molecular weight excluding hydrogens is 205 g/mol. The van der Waals surface area contributed by atoms with Crippen molar-refractivity contribution < 1.29 is 18.5 Å². The van der Waals surface area contributed by atoms with Crippen LogP contribution in [0.15, 0.2) is 0 Å². The molecule has 0 radical (unpaired) electrons. The number of piperidine rings is 1. The van der Waals surface area contributed by atoms with Gasteiger partial charge in [-0.3, -0.25) is 13.9 Å². The van der Waals surface area contributed by atoms with Crippen molar-refractivity contribution in [2.24, 2.45) is 0 Å². The smallest absolute Gasteiger partial charge is 0.302 e. The van der Waals surface area contributed by atoms with Gasteiger partial charge in [0.25, 0.3) is 0 Å². The van der Waals surface area contributed by atoms with Crippen molar-refractivity contribution in [2.45, 2.75) is 32.4 Å². The zero-order chi connectivity index (χ0) is 10.6. The van der Waals surface area contributed by atoms with Gasteiger partial charge >= 0.3 is 7.82 Å². The van der Waals surface area contributed by atoms with Gasteiger partial charge < -0.3 is 4.89 Å². The zero-order valence-electron chi connectivity index (χ0n) is 8.68. The lowest BCUT2D eigenvalue weighted by molar-refractivity contribution is -0.0219. The summed E-state index contributed by atoms with van der Waals surface area (Å²) in [6.45, 7) is 3.76.